The molecule has 1 heterocycles. The Hall–Kier alpha value is -1.94. The monoisotopic (exact) mass is 440 g/mol. The van der Waals surface area contributed by atoms with Crippen molar-refractivity contribution in [1.29, 1.82) is 0 Å². The van der Waals surface area contributed by atoms with Gasteiger partial charge in [-0.3, -0.25) is 4.79 Å². The minimum Gasteiger partial charge on any atom is -0.427 e. The number of halogens is 1. The molecule has 0 spiro atoms. The van der Waals surface area contributed by atoms with Crippen LogP contribution >= 0.6 is 32.9 Å². The van der Waals surface area contributed by atoms with E-state index in [0.717, 1.165) is 22.3 Å². The standard InChI is InChI=1S/C18H13FO4S4/c1-10(20)23-13-6-3-11(4-7-13)16-17(25-26-18(16)24)12-5-8-15(14(19)9-12)27(2,21)22/h3-9H,1-2H3. The van der Waals surface area contributed by atoms with Crippen LogP contribution in [-0.4, -0.2) is 20.6 Å². The highest BCUT2D eigenvalue weighted by molar-refractivity contribution is 7.90. The van der Waals surface area contributed by atoms with Crippen LogP contribution in [0.4, 0.5) is 4.39 Å². The zero-order chi connectivity index (χ0) is 19.8. The van der Waals surface area contributed by atoms with Gasteiger partial charge in [0.15, 0.2) is 9.84 Å². The van der Waals surface area contributed by atoms with Crippen molar-refractivity contribution in [2.24, 2.45) is 0 Å². The van der Waals surface area contributed by atoms with E-state index in [4.69, 9.17) is 17.0 Å². The van der Waals surface area contributed by atoms with Gasteiger partial charge in [-0.05, 0) is 35.4 Å². The topological polar surface area (TPSA) is 60.4 Å². The predicted molar refractivity (Wildman–Crippen MR) is 108 cm³/mol. The fourth-order valence-electron chi connectivity index (χ4n) is 2.50. The molecule has 3 rings (SSSR count). The number of carbonyl (C=O) groups excluding carboxylic acids is 1. The SMILES string of the molecule is CC(=O)Oc1ccc(-c2c(-c3ccc(S(C)(=O)=O)c(F)c3)ssc2=S)cc1. The minimum absolute atomic E-state index is 0.336. The van der Waals surface area contributed by atoms with E-state index in [2.05, 4.69) is 0 Å². The van der Waals surface area contributed by atoms with Gasteiger partial charge in [0, 0.05) is 18.7 Å². The highest BCUT2D eigenvalue weighted by atomic mass is 32.9. The van der Waals surface area contributed by atoms with E-state index in [1.165, 1.54) is 39.7 Å². The molecule has 0 atom stereocenters. The van der Waals surface area contributed by atoms with Gasteiger partial charge in [0.25, 0.3) is 0 Å². The molecule has 0 aliphatic heterocycles. The van der Waals surface area contributed by atoms with E-state index in [-0.39, 0.29) is 4.90 Å². The molecule has 0 bridgehead atoms. The van der Waals surface area contributed by atoms with E-state index in [1.807, 2.05) is 0 Å². The first-order valence-electron chi connectivity index (χ1n) is 7.59. The van der Waals surface area contributed by atoms with Crippen molar-refractivity contribution in [2.45, 2.75) is 11.8 Å². The average molecular weight is 441 g/mol. The third-order valence-electron chi connectivity index (χ3n) is 3.63. The summed E-state index contributed by atoms with van der Waals surface area (Å²) < 4.78 is 43.2. The van der Waals surface area contributed by atoms with Crippen LogP contribution < -0.4 is 4.74 Å². The van der Waals surface area contributed by atoms with E-state index in [9.17, 15) is 17.6 Å². The molecule has 27 heavy (non-hydrogen) atoms. The molecule has 3 aromatic rings. The van der Waals surface area contributed by atoms with E-state index < -0.39 is 21.6 Å². The molecule has 0 N–H and O–H groups in total. The lowest BCUT2D eigenvalue weighted by Crippen LogP contribution is -2.01. The van der Waals surface area contributed by atoms with Gasteiger partial charge in [0.05, 0.1) is 4.88 Å². The van der Waals surface area contributed by atoms with Gasteiger partial charge in [0.2, 0.25) is 0 Å². The van der Waals surface area contributed by atoms with E-state index >= 15 is 0 Å². The molecule has 0 aliphatic carbocycles. The highest BCUT2D eigenvalue weighted by Crippen LogP contribution is 2.42. The summed E-state index contributed by atoms with van der Waals surface area (Å²) in [6.45, 7) is 1.32. The number of benzene rings is 2. The summed E-state index contributed by atoms with van der Waals surface area (Å²) in [6.07, 6.45) is 0.968. The Morgan fingerprint density at radius 1 is 1.07 bits per heavy atom. The second-order valence-electron chi connectivity index (χ2n) is 5.69. The average Bonchev–Trinajstić information content (AvgIpc) is 2.95. The second-order valence-corrected chi connectivity index (χ2v) is 10.5. The number of ether oxygens (including phenoxy) is 1. The number of esters is 1. The highest BCUT2D eigenvalue weighted by Gasteiger charge is 2.18. The van der Waals surface area contributed by atoms with Crippen LogP contribution in [0, 0.1) is 9.64 Å². The Morgan fingerprint density at radius 2 is 1.70 bits per heavy atom. The van der Waals surface area contributed by atoms with Gasteiger partial charge in [-0.25, -0.2) is 12.8 Å². The molecule has 0 amide bonds. The summed E-state index contributed by atoms with van der Waals surface area (Å²) in [6, 6.07) is 10.9. The van der Waals surface area contributed by atoms with Gasteiger partial charge >= 0.3 is 5.97 Å². The first-order valence-corrected chi connectivity index (χ1v) is 12.0. The summed E-state index contributed by atoms with van der Waals surface area (Å²) >= 11 is 5.43. The van der Waals surface area contributed by atoms with Crippen molar-refractivity contribution in [3.05, 3.63) is 52.1 Å². The number of sulfone groups is 1. The normalized spacial score (nSPS) is 11.4. The Balaban J connectivity index is 2.07. The smallest absolute Gasteiger partial charge is 0.308 e. The molecule has 0 saturated heterocycles. The van der Waals surface area contributed by atoms with Crippen LogP contribution in [0.3, 0.4) is 0 Å². The quantitative estimate of drug-likeness (QED) is 0.237. The number of rotatable bonds is 4. The Bertz CT molecular complexity index is 1170. The van der Waals surface area contributed by atoms with Crippen molar-refractivity contribution in [2.75, 3.05) is 6.26 Å². The van der Waals surface area contributed by atoms with Crippen LogP contribution in [0.1, 0.15) is 6.92 Å². The summed E-state index contributed by atoms with van der Waals surface area (Å²) in [4.78, 5) is 11.5. The molecular formula is C18H13FO4S4. The van der Waals surface area contributed by atoms with Gasteiger partial charge in [-0.1, -0.05) is 51.1 Å². The van der Waals surface area contributed by atoms with Gasteiger partial charge in [-0.2, -0.15) is 0 Å². The molecule has 2 aromatic carbocycles. The minimum atomic E-state index is -3.64. The van der Waals surface area contributed by atoms with Gasteiger partial charge in [0.1, 0.15) is 20.3 Å². The van der Waals surface area contributed by atoms with Crippen LogP contribution in [0.5, 0.6) is 5.75 Å². The zero-order valence-electron chi connectivity index (χ0n) is 14.2. The zero-order valence-corrected chi connectivity index (χ0v) is 17.5. The first kappa shape index (κ1) is 19.8. The first-order chi connectivity index (χ1) is 12.7. The van der Waals surface area contributed by atoms with Crippen LogP contribution in [0.25, 0.3) is 21.6 Å². The third kappa shape index (κ3) is 4.32. The Morgan fingerprint density at radius 3 is 2.26 bits per heavy atom. The summed E-state index contributed by atoms with van der Waals surface area (Å²) in [7, 11) is -0.857. The lowest BCUT2D eigenvalue weighted by Gasteiger charge is -2.07. The number of hydrogen-bond donors (Lipinski definition) is 0. The van der Waals surface area contributed by atoms with Crippen molar-refractivity contribution in [3.63, 3.8) is 0 Å². The molecule has 0 radical (unpaired) electrons. The molecule has 4 nitrogen and oxygen atoms in total. The maximum absolute atomic E-state index is 14.3. The van der Waals surface area contributed by atoms with Crippen molar-refractivity contribution >= 4 is 48.7 Å². The molecule has 0 saturated carbocycles. The molecule has 9 heteroatoms. The Labute approximate surface area is 168 Å². The fraction of sp³-hybridized carbons (Fsp3) is 0.111. The maximum Gasteiger partial charge on any atom is 0.308 e. The Kier molecular flexibility index (Phi) is 5.57. The van der Waals surface area contributed by atoms with Crippen LogP contribution in [-0.2, 0) is 14.6 Å². The van der Waals surface area contributed by atoms with Crippen LogP contribution in [0.2, 0.25) is 0 Å². The third-order valence-corrected chi connectivity index (χ3v) is 7.83. The number of carbonyl (C=O) groups is 1. The summed E-state index contributed by atoms with van der Waals surface area (Å²) in [5.41, 5.74) is 2.12. The van der Waals surface area contributed by atoms with E-state index in [0.29, 0.717) is 15.1 Å². The largest absolute Gasteiger partial charge is 0.427 e. The fourth-order valence-corrected chi connectivity index (χ4v) is 6.13. The summed E-state index contributed by atoms with van der Waals surface area (Å²) in [5, 5.41) is 0. The molecule has 1 aromatic heterocycles. The molecular weight excluding hydrogens is 427 g/mol. The molecule has 0 fully saturated rings. The number of hydrogen-bond acceptors (Lipinski definition) is 7. The summed E-state index contributed by atoms with van der Waals surface area (Å²) in [5.74, 6) is -0.789. The molecule has 0 unspecified atom stereocenters. The van der Waals surface area contributed by atoms with Crippen LogP contribution in [0.15, 0.2) is 47.4 Å². The lowest BCUT2D eigenvalue weighted by atomic mass is 10.0. The predicted octanol–water partition coefficient (Wildman–Crippen LogP) is 5.34. The van der Waals surface area contributed by atoms with E-state index in [1.54, 1.807) is 30.3 Å². The maximum atomic E-state index is 14.3. The second kappa shape index (κ2) is 7.59. The van der Waals surface area contributed by atoms with Crippen molar-refractivity contribution in [1.82, 2.24) is 0 Å². The molecule has 140 valence electrons. The van der Waals surface area contributed by atoms with Gasteiger partial charge in [-0.15, -0.1) is 0 Å². The van der Waals surface area contributed by atoms with Crippen molar-refractivity contribution in [3.8, 4) is 27.3 Å². The molecule has 0 aliphatic rings. The van der Waals surface area contributed by atoms with Crippen molar-refractivity contribution < 1.29 is 22.3 Å². The van der Waals surface area contributed by atoms with Gasteiger partial charge < -0.3 is 4.74 Å². The lowest BCUT2D eigenvalue weighted by molar-refractivity contribution is -0.131.